The Bertz CT molecular complexity index is 304. The number of nitrogens with zero attached hydrogens (tertiary/aromatic N) is 1. The van der Waals surface area contributed by atoms with Crippen molar-refractivity contribution >= 4 is 27.5 Å². The molecule has 3 heteroatoms. The summed E-state index contributed by atoms with van der Waals surface area (Å²) in [6, 6.07) is 8.41. The Hall–Kier alpha value is -0.0500. The van der Waals surface area contributed by atoms with E-state index < -0.39 is 0 Å². The minimum absolute atomic E-state index is 0.746. The highest BCUT2D eigenvalue weighted by Gasteiger charge is 2.06. The van der Waals surface area contributed by atoms with Gasteiger partial charge in [0.1, 0.15) is 0 Å². The van der Waals surface area contributed by atoms with Crippen LogP contribution in [0.5, 0.6) is 0 Å². The van der Waals surface area contributed by atoms with E-state index in [2.05, 4.69) is 52.0 Å². The third kappa shape index (κ3) is 4.86. The van der Waals surface area contributed by atoms with Crippen LogP contribution in [0.4, 0.5) is 0 Å². The van der Waals surface area contributed by atoms with Gasteiger partial charge < -0.3 is 0 Å². The fraction of sp³-hybridized carbons (Fsp3) is 0.538. The second kappa shape index (κ2) is 8.10. The summed E-state index contributed by atoms with van der Waals surface area (Å²) in [6.45, 7) is 5.44. The van der Waals surface area contributed by atoms with Gasteiger partial charge in [-0.25, -0.2) is 0 Å². The number of hydrogen-bond acceptors (Lipinski definition) is 1. The van der Waals surface area contributed by atoms with Gasteiger partial charge in [-0.1, -0.05) is 41.1 Å². The van der Waals surface area contributed by atoms with Gasteiger partial charge in [-0.05, 0) is 37.6 Å². The first-order valence-corrected chi connectivity index (χ1v) is 7.12. The van der Waals surface area contributed by atoms with Gasteiger partial charge in [0.2, 0.25) is 0 Å². The summed E-state index contributed by atoms with van der Waals surface area (Å²) in [5.74, 6) is 0.746. The molecule has 0 amide bonds. The average Bonchev–Trinajstić information content (AvgIpc) is 2.29. The Labute approximate surface area is 112 Å². The van der Waals surface area contributed by atoms with Crippen LogP contribution < -0.4 is 0 Å². The van der Waals surface area contributed by atoms with Gasteiger partial charge >= 0.3 is 0 Å². The molecule has 1 aromatic carbocycles. The predicted octanol–water partition coefficient (Wildman–Crippen LogP) is 4.29. The summed E-state index contributed by atoms with van der Waals surface area (Å²) < 4.78 is 1.20. The van der Waals surface area contributed by atoms with Crippen molar-refractivity contribution in [3.05, 3.63) is 34.3 Å². The maximum atomic E-state index is 5.74. The van der Waals surface area contributed by atoms with Crippen LogP contribution >= 0.6 is 27.5 Å². The van der Waals surface area contributed by atoms with E-state index in [0.717, 1.165) is 31.9 Å². The van der Waals surface area contributed by atoms with E-state index in [0.29, 0.717) is 0 Å². The molecule has 0 aliphatic rings. The van der Waals surface area contributed by atoms with Crippen LogP contribution in [0, 0.1) is 0 Å². The molecule has 0 atom stereocenters. The van der Waals surface area contributed by atoms with Crippen molar-refractivity contribution in [2.45, 2.75) is 26.3 Å². The minimum atomic E-state index is 0.746. The molecular formula is C13H19BrClN. The minimum Gasteiger partial charge on any atom is -0.299 e. The lowest BCUT2D eigenvalue weighted by Gasteiger charge is -2.21. The molecule has 0 N–H and O–H groups in total. The average molecular weight is 305 g/mol. The van der Waals surface area contributed by atoms with Crippen molar-refractivity contribution in [2.24, 2.45) is 0 Å². The normalized spacial score (nSPS) is 11.0. The van der Waals surface area contributed by atoms with E-state index in [4.69, 9.17) is 11.6 Å². The second-order valence-electron chi connectivity index (χ2n) is 3.91. The highest BCUT2D eigenvalue weighted by Crippen LogP contribution is 2.18. The molecule has 0 fully saturated rings. The topological polar surface area (TPSA) is 3.24 Å². The molecule has 90 valence electrons. The monoisotopic (exact) mass is 303 g/mol. The zero-order valence-electron chi connectivity index (χ0n) is 9.76. The lowest BCUT2D eigenvalue weighted by molar-refractivity contribution is 0.266. The highest BCUT2D eigenvalue weighted by atomic mass is 79.9. The van der Waals surface area contributed by atoms with Crippen LogP contribution in [0.2, 0.25) is 0 Å². The number of rotatable bonds is 7. The number of benzene rings is 1. The SMILES string of the molecule is CCCN(CCCCl)Cc1ccccc1Br. The number of halogens is 2. The van der Waals surface area contributed by atoms with E-state index in [1.807, 2.05) is 0 Å². The van der Waals surface area contributed by atoms with E-state index in [1.165, 1.54) is 16.5 Å². The quantitative estimate of drug-likeness (QED) is 0.679. The van der Waals surface area contributed by atoms with E-state index in [1.54, 1.807) is 0 Å². The molecule has 0 aromatic heterocycles. The van der Waals surface area contributed by atoms with E-state index in [9.17, 15) is 0 Å². The molecular weight excluding hydrogens is 286 g/mol. The predicted molar refractivity (Wildman–Crippen MR) is 75.0 cm³/mol. The summed E-state index contributed by atoms with van der Waals surface area (Å²) in [5, 5.41) is 0. The van der Waals surface area contributed by atoms with Crippen molar-refractivity contribution < 1.29 is 0 Å². The van der Waals surface area contributed by atoms with Crippen LogP contribution in [0.15, 0.2) is 28.7 Å². The summed E-state index contributed by atoms with van der Waals surface area (Å²) in [6.07, 6.45) is 2.25. The van der Waals surface area contributed by atoms with Gasteiger partial charge in [-0.15, -0.1) is 11.6 Å². The summed E-state index contributed by atoms with van der Waals surface area (Å²) >= 11 is 9.34. The Morgan fingerprint density at radius 1 is 1.25 bits per heavy atom. The second-order valence-corrected chi connectivity index (χ2v) is 5.14. The van der Waals surface area contributed by atoms with Gasteiger partial charge in [0.25, 0.3) is 0 Å². The van der Waals surface area contributed by atoms with Gasteiger partial charge in [0.05, 0.1) is 0 Å². The lowest BCUT2D eigenvalue weighted by atomic mass is 10.2. The molecule has 0 bridgehead atoms. The molecule has 0 radical (unpaired) electrons. The smallest absolute Gasteiger partial charge is 0.0244 e. The van der Waals surface area contributed by atoms with Crippen LogP contribution in [0.1, 0.15) is 25.3 Å². The summed E-state index contributed by atoms with van der Waals surface area (Å²) in [4.78, 5) is 2.46. The third-order valence-electron chi connectivity index (χ3n) is 2.50. The van der Waals surface area contributed by atoms with Crippen LogP contribution in [-0.4, -0.2) is 23.9 Å². The van der Waals surface area contributed by atoms with Crippen molar-refractivity contribution in [1.82, 2.24) is 4.90 Å². The van der Waals surface area contributed by atoms with Gasteiger partial charge in [-0.2, -0.15) is 0 Å². The van der Waals surface area contributed by atoms with E-state index in [-0.39, 0.29) is 0 Å². The Morgan fingerprint density at radius 3 is 2.62 bits per heavy atom. The molecule has 0 aliphatic heterocycles. The molecule has 16 heavy (non-hydrogen) atoms. The first kappa shape index (κ1) is 14.0. The molecule has 1 rings (SSSR count). The van der Waals surface area contributed by atoms with Crippen molar-refractivity contribution in [3.63, 3.8) is 0 Å². The molecule has 0 spiro atoms. The van der Waals surface area contributed by atoms with Crippen molar-refractivity contribution in [1.29, 1.82) is 0 Å². The highest BCUT2D eigenvalue weighted by molar-refractivity contribution is 9.10. The van der Waals surface area contributed by atoms with Crippen LogP contribution in [0.3, 0.4) is 0 Å². The summed E-state index contributed by atoms with van der Waals surface area (Å²) in [7, 11) is 0. The molecule has 0 saturated carbocycles. The van der Waals surface area contributed by atoms with Gasteiger partial charge in [0.15, 0.2) is 0 Å². The van der Waals surface area contributed by atoms with Gasteiger partial charge in [0, 0.05) is 16.9 Å². The molecule has 0 saturated heterocycles. The zero-order chi connectivity index (χ0) is 11.8. The Morgan fingerprint density at radius 2 is 2.00 bits per heavy atom. The number of alkyl halides is 1. The Kier molecular flexibility index (Phi) is 7.10. The standard InChI is InChI=1S/C13H19BrClN/c1-2-9-16(10-5-8-15)11-12-6-3-4-7-13(12)14/h3-4,6-7H,2,5,8-11H2,1H3. The lowest BCUT2D eigenvalue weighted by Crippen LogP contribution is -2.25. The molecule has 1 aromatic rings. The van der Waals surface area contributed by atoms with Crippen molar-refractivity contribution in [3.8, 4) is 0 Å². The maximum Gasteiger partial charge on any atom is 0.0244 e. The molecule has 0 aliphatic carbocycles. The van der Waals surface area contributed by atoms with Gasteiger partial charge in [-0.3, -0.25) is 4.90 Å². The largest absolute Gasteiger partial charge is 0.299 e. The van der Waals surface area contributed by atoms with Crippen LogP contribution in [-0.2, 0) is 6.54 Å². The fourth-order valence-corrected chi connectivity index (χ4v) is 2.27. The third-order valence-corrected chi connectivity index (χ3v) is 3.54. The maximum absolute atomic E-state index is 5.74. The van der Waals surface area contributed by atoms with Crippen molar-refractivity contribution in [2.75, 3.05) is 19.0 Å². The Balaban J connectivity index is 2.56. The molecule has 0 heterocycles. The molecule has 0 unspecified atom stereocenters. The first-order chi connectivity index (χ1) is 7.77. The summed E-state index contributed by atoms with van der Waals surface area (Å²) in [5.41, 5.74) is 1.35. The van der Waals surface area contributed by atoms with Crippen LogP contribution in [0.25, 0.3) is 0 Å². The van der Waals surface area contributed by atoms with E-state index >= 15 is 0 Å². The fourth-order valence-electron chi connectivity index (χ4n) is 1.74. The molecule has 1 nitrogen and oxygen atoms in total. The zero-order valence-corrected chi connectivity index (χ0v) is 12.1. The number of hydrogen-bond donors (Lipinski definition) is 0. The first-order valence-electron chi connectivity index (χ1n) is 5.79.